The summed E-state index contributed by atoms with van der Waals surface area (Å²) in [6.45, 7) is 0.198. The van der Waals surface area contributed by atoms with Crippen LogP contribution in [-0.2, 0) is 6.54 Å². The lowest BCUT2D eigenvalue weighted by atomic mass is 10.1. The maximum absolute atomic E-state index is 14.4. The number of rotatable bonds is 6. The number of hydrogen-bond acceptors (Lipinski definition) is 4. The molecule has 5 rings (SSSR count). The third-order valence-corrected chi connectivity index (χ3v) is 6.18. The second-order valence-electron chi connectivity index (χ2n) is 7.52. The predicted molar refractivity (Wildman–Crippen MR) is 129 cm³/mol. The van der Waals surface area contributed by atoms with Gasteiger partial charge in [-0.05, 0) is 35.9 Å². The number of para-hydroxylation sites is 2. The first-order valence-corrected chi connectivity index (χ1v) is 11.3. The van der Waals surface area contributed by atoms with Crippen LogP contribution >= 0.6 is 11.3 Å². The van der Waals surface area contributed by atoms with Gasteiger partial charge >= 0.3 is 0 Å². The summed E-state index contributed by atoms with van der Waals surface area (Å²) in [7, 11) is 0. The van der Waals surface area contributed by atoms with Gasteiger partial charge in [-0.25, -0.2) is 13.8 Å². The molecule has 1 amide bonds. The molecule has 0 aliphatic carbocycles. The zero-order valence-electron chi connectivity index (χ0n) is 17.8. The Hall–Kier alpha value is -4.10. The molecule has 0 aliphatic heterocycles. The molecule has 0 saturated heterocycles. The molecule has 0 aliphatic rings. The van der Waals surface area contributed by atoms with E-state index in [1.165, 1.54) is 11.0 Å². The van der Waals surface area contributed by atoms with Gasteiger partial charge in [-0.15, -0.1) is 0 Å². The summed E-state index contributed by atoms with van der Waals surface area (Å²) < 4.78 is 34.5. The number of anilines is 1. The number of carbonyl (C=O) groups excluding carboxylic acids is 1. The normalized spacial score (nSPS) is 10.9. The highest BCUT2D eigenvalue weighted by Gasteiger charge is 2.25. The highest BCUT2D eigenvalue weighted by molar-refractivity contribution is 7.22. The molecule has 7 heteroatoms. The summed E-state index contributed by atoms with van der Waals surface area (Å²) in [4.78, 5) is 19.6. The first-order chi connectivity index (χ1) is 16.6. The van der Waals surface area contributed by atoms with Crippen molar-refractivity contribution in [1.82, 2.24) is 4.98 Å². The summed E-state index contributed by atoms with van der Waals surface area (Å²) in [5.74, 6) is -0.847. The number of hydrogen-bond donors (Lipinski definition) is 0. The molecule has 0 radical (unpaired) electrons. The SMILES string of the molecule is O=C(c1ccccc1Oc1ccccc1)N(Cc1ccccc1)c1nc2c(F)cc(F)cc2s1. The molecule has 0 atom stereocenters. The second-order valence-corrected chi connectivity index (χ2v) is 8.53. The van der Waals surface area contributed by atoms with Crippen LogP contribution in [0.15, 0.2) is 97.1 Å². The lowest BCUT2D eigenvalue weighted by molar-refractivity contribution is 0.0983. The van der Waals surface area contributed by atoms with Crippen molar-refractivity contribution in [2.75, 3.05) is 4.90 Å². The van der Waals surface area contributed by atoms with E-state index in [-0.39, 0.29) is 23.1 Å². The summed E-state index contributed by atoms with van der Waals surface area (Å²) in [5.41, 5.74) is 1.22. The van der Waals surface area contributed by atoms with E-state index >= 15 is 0 Å². The van der Waals surface area contributed by atoms with Gasteiger partial charge < -0.3 is 4.74 Å². The number of halogens is 2. The molecule has 1 heterocycles. The number of fused-ring (bicyclic) bond motifs is 1. The first kappa shape index (κ1) is 21.7. The smallest absolute Gasteiger partial charge is 0.264 e. The van der Waals surface area contributed by atoms with E-state index in [9.17, 15) is 13.6 Å². The van der Waals surface area contributed by atoms with E-state index in [1.807, 2.05) is 48.5 Å². The summed E-state index contributed by atoms with van der Waals surface area (Å²) in [6, 6.07) is 27.5. The van der Waals surface area contributed by atoms with Gasteiger partial charge in [0.05, 0.1) is 16.8 Å². The monoisotopic (exact) mass is 472 g/mol. The fraction of sp³-hybridized carbons (Fsp3) is 0.0370. The molecular formula is C27H18F2N2O2S. The van der Waals surface area contributed by atoms with Gasteiger partial charge in [0.25, 0.3) is 5.91 Å². The van der Waals surface area contributed by atoms with Crippen LogP contribution in [0.3, 0.4) is 0 Å². The van der Waals surface area contributed by atoms with E-state index in [0.29, 0.717) is 21.8 Å². The Morgan fingerprint density at radius 2 is 1.56 bits per heavy atom. The van der Waals surface area contributed by atoms with Crippen molar-refractivity contribution in [3.8, 4) is 11.5 Å². The molecule has 4 aromatic carbocycles. The van der Waals surface area contributed by atoms with Crippen LogP contribution in [0.5, 0.6) is 11.5 Å². The van der Waals surface area contributed by atoms with Crippen molar-refractivity contribution in [2.24, 2.45) is 0 Å². The van der Waals surface area contributed by atoms with E-state index in [1.54, 1.807) is 36.4 Å². The summed E-state index contributed by atoms with van der Waals surface area (Å²) in [6.07, 6.45) is 0. The molecular weight excluding hydrogens is 454 g/mol. The minimum Gasteiger partial charge on any atom is -0.457 e. The van der Waals surface area contributed by atoms with Gasteiger partial charge in [-0.3, -0.25) is 9.69 Å². The second kappa shape index (κ2) is 9.41. The summed E-state index contributed by atoms with van der Waals surface area (Å²) in [5, 5.41) is 0.267. The molecule has 4 nitrogen and oxygen atoms in total. The zero-order chi connectivity index (χ0) is 23.5. The molecule has 0 fully saturated rings. The first-order valence-electron chi connectivity index (χ1n) is 10.5. The molecule has 5 aromatic rings. The molecule has 0 bridgehead atoms. The maximum Gasteiger partial charge on any atom is 0.264 e. The third kappa shape index (κ3) is 4.51. The van der Waals surface area contributed by atoms with Crippen LogP contribution in [0.2, 0.25) is 0 Å². The number of aromatic nitrogens is 1. The molecule has 168 valence electrons. The van der Waals surface area contributed by atoms with Gasteiger partial charge in [0.2, 0.25) is 0 Å². The number of benzene rings is 4. The van der Waals surface area contributed by atoms with Gasteiger partial charge in [-0.1, -0.05) is 72.0 Å². The Balaban J connectivity index is 1.58. The highest BCUT2D eigenvalue weighted by atomic mass is 32.1. The Kier molecular flexibility index (Phi) is 6.01. The third-order valence-electron chi connectivity index (χ3n) is 5.15. The van der Waals surface area contributed by atoms with Crippen molar-refractivity contribution in [2.45, 2.75) is 6.54 Å². The largest absolute Gasteiger partial charge is 0.457 e. The topological polar surface area (TPSA) is 42.4 Å². The standard InChI is InChI=1S/C27H18F2N2O2S/c28-19-15-22(29)25-24(16-19)34-27(30-25)31(17-18-9-3-1-4-10-18)26(32)21-13-7-8-14-23(21)33-20-11-5-2-6-12-20/h1-16H,17H2. The average Bonchev–Trinajstić information content (AvgIpc) is 3.28. The van der Waals surface area contributed by atoms with E-state index in [0.717, 1.165) is 23.0 Å². The Morgan fingerprint density at radius 3 is 2.32 bits per heavy atom. The van der Waals surface area contributed by atoms with Crippen molar-refractivity contribution in [3.63, 3.8) is 0 Å². The fourth-order valence-corrected chi connectivity index (χ4v) is 4.55. The number of carbonyl (C=O) groups is 1. The van der Waals surface area contributed by atoms with Crippen molar-refractivity contribution >= 4 is 32.6 Å². The molecule has 0 spiro atoms. The molecule has 34 heavy (non-hydrogen) atoms. The Morgan fingerprint density at radius 1 is 0.882 bits per heavy atom. The predicted octanol–water partition coefficient (Wildman–Crippen LogP) is 7.21. The molecule has 1 aromatic heterocycles. The molecule has 0 N–H and O–H groups in total. The summed E-state index contributed by atoms with van der Waals surface area (Å²) >= 11 is 1.06. The van der Waals surface area contributed by atoms with Gasteiger partial charge in [0.15, 0.2) is 10.9 Å². The van der Waals surface area contributed by atoms with E-state index in [2.05, 4.69) is 4.98 Å². The van der Waals surface area contributed by atoms with Gasteiger partial charge in [-0.2, -0.15) is 0 Å². The lowest BCUT2D eigenvalue weighted by Gasteiger charge is -2.21. The van der Waals surface area contributed by atoms with Crippen LogP contribution < -0.4 is 9.64 Å². The van der Waals surface area contributed by atoms with Crippen molar-refractivity contribution < 1.29 is 18.3 Å². The van der Waals surface area contributed by atoms with Crippen LogP contribution in [0.25, 0.3) is 10.2 Å². The number of ether oxygens (including phenoxy) is 1. The minimum atomic E-state index is -0.766. The zero-order valence-corrected chi connectivity index (χ0v) is 18.6. The Labute approximate surface area is 198 Å². The highest BCUT2D eigenvalue weighted by Crippen LogP contribution is 2.34. The van der Waals surface area contributed by atoms with Crippen LogP contribution in [0.1, 0.15) is 15.9 Å². The van der Waals surface area contributed by atoms with Crippen molar-refractivity contribution in [3.05, 3.63) is 120 Å². The fourth-order valence-electron chi connectivity index (χ4n) is 3.55. The minimum absolute atomic E-state index is 0.0288. The number of nitrogens with zero attached hydrogens (tertiary/aromatic N) is 2. The van der Waals surface area contributed by atoms with E-state index < -0.39 is 11.6 Å². The number of amides is 1. The van der Waals surface area contributed by atoms with Crippen LogP contribution in [0.4, 0.5) is 13.9 Å². The molecule has 0 saturated carbocycles. The van der Waals surface area contributed by atoms with Gasteiger partial charge in [0, 0.05) is 6.07 Å². The van der Waals surface area contributed by atoms with E-state index in [4.69, 9.17) is 4.74 Å². The average molecular weight is 473 g/mol. The van der Waals surface area contributed by atoms with Crippen molar-refractivity contribution in [1.29, 1.82) is 0 Å². The Bertz CT molecular complexity index is 1460. The number of thiazole rings is 1. The van der Waals surface area contributed by atoms with Crippen LogP contribution in [-0.4, -0.2) is 10.9 Å². The lowest BCUT2D eigenvalue weighted by Crippen LogP contribution is -2.30. The maximum atomic E-state index is 14.4. The van der Waals surface area contributed by atoms with Gasteiger partial charge in [0.1, 0.15) is 22.8 Å². The van der Waals surface area contributed by atoms with Crippen LogP contribution in [0, 0.1) is 11.6 Å². The quantitative estimate of drug-likeness (QED) is 0.262. The molecule has 0 unspecified atom stereocenters.